The van der Waals surface area contributed by atoms with E-state index in [2.05, 4.69) is 32.0 Å². The predicted octanol–water partition coefficient (Wildman–Crippen LogP) is 6.00. The summed E-state index contributed by atoms with van der Waals surface area (Å²) in [5, 5.41) is 10.7. The van der Waals surface area contributed by atoms with Crippen LogP contribution in [0.2, 0.25) is 5.02 Å². The lowest BCUT2D eigenvalue weighted by Crippen LogP contribution is -1.88. The normalized spacial score (nSPS) is 10.7. The van der Waals surface area contributed by atoms with Crippen LogP contribution in [0, 0.1) is 13.8 Å². The van der Waals surface area contributed by atoms with E-state index in [0.717, 1.165) is 22.3 Å². The van der Waals surface area contributed by atoms with Gasteiger partial charge in [0.25, 0.3) is 0 Å². The van der Waals surface area contributed by atoms with Crippen LogP contribution in [-0.4, -0.2) is 5.11 Å². The summed E-state index contributed by atoms with van der Waals surface area (Å²) in [6.07, 6.45) is 0. The first-order valence-corrected chi connectivity index (χ1v) is 7.59. The Morgan fingerprint density at radius 1 is 0.773 bits per heavy atom. The number of aromatic hydroxyl groups is 1. The summed E-state index contributed by atoms with van der Waals surface area (Å²) in [5.74, 6) is 0.127. The van der Waals surface area contributed by atoms with Gasteiger partial charge in [0, 0.05) is 5.56 Å². The third kappa shape index (κ3) is 2.72. The fourth-order valence-corrected chi connectivity index (χ4v) is 2.86. The highest BCUT2D eigenvalue weighted by Gasteiger charge is 2.12. The lowest BCUT2D eigenvalue weighted by Gasteiger charge is -2.13. The van der Waals surface area contributed by atoms with Crippen LogP contribution in [0.25, 0.3) is 22.3 Å². The zero-order valence-corrected chi connectivity index (χ0v) is 13.4. The van der Waals surface area contributed by atoms with E-state index in [9.17, 15) is 5.11 Å². The van der Waals surface area contributed by atoms with E-state index in [1.807, 2.05) is 42.5 Å². The number of aryl methyl sites for hydroxylation is 2. The van der Waals surface area contributed by atoms with Crippen molar-refractivity contribution in [3.05, 3.63) is 76.8 Å². The summed E-state index contributed by atoms with van der Waals surface area (Å²) < 4.78 is 0. The fourth-order valence-electron chi connectivity index (χ4n) is 2.64. The molecule has 0 aliphatic heterocycles. The number of rotatable bonds is 2. The topological polar surface area (TPSA) is 20.2 Å². The van der Waals surface area contributed by atoms with Crippen LogP contribution in [0.15, 0.2) is 60.7 Å². The third-order valence-electron chi connectivity index (χ3n) is 3.85. The van der Waals surface area contributed by atoms with E-state index in [1.54, 1.807) is 0 Å². The molecule has 3 aromatic rings. The lowest BCUT2D eigenvalue weighted by atomic mass is 9.94. The highest BCUT2D eigenvalue weighted by atomic mass is 35.5. The van der Waals surface area contributed by atoms with Crippen molar-refractivity contribution >= 4 is 11.6 Å². The third-order valence-corrected chi connectivity index (χ3v) is 4.14. The summed E-state index contributed by atoms with van der Waals surface area (Å²) in [4.78, 5) is 0. The number of hydrogen-bond acceptors (Lipinski definition) is 1. The molecule has 0 radical (unpaired) electrons. The average Bonchev–Trinajstić information content (AvgIpc) is 2.53. The van der Waals surface area contributed by atoms with Crippen LogP contribution in [0.5, 0.6) is 5.75 Å². The van der Waals surface area contributed by atoms with Gasteiger partial charge in [-0.15, -0.1) is 0 Å². The molecule has 3 aromatic carbocycles. The van der Waals surface area contributed by atoms with Crippen molar-refractivity contribution < 1.29 is 5.11 Å². The van der Waals surface area contributed by atoms with Gasteiger partial charge in [0.15, 0.2) is 0 Å². The molecule has 0 atom stereocenters. The SMILES string of the molecule is Cc1ccc(C)c(-c2cc(Cl)c(O)c(-c3ccccc3)c2)c1. The highest BCUT2D eigenvalue weighted by molar-refractivity contribution is 6.32. The minimum absolute atomic E-state index is 0.127. The molecule has 0 saturated carbocycles. The van der Waals surface area contributed by atoms with Crippen molar-refractivity contribution in [2.75, 3.05) is 0 Å². The molecular weight excluding hydrogens is 292 g/mol. The molecule has 0 aromatic heterocycles. The van der Waals surface area contributed by atoms with E-state index in [1.165, 1.54) is 11.1 Å². The van der Waals surface area contributed by atoms with Gasteiger partial charge < -0.3 is 5.11 Å². The first-order valence-electron chi connectivity index (χ1n) is 7.22. The number of hydrogen-bond donors (Lipinski definition) is 1. The Kier molecular flexibility index (Phi) is 3.91. The van der Waals surface area contributed by atoms with E-state index >= 15 is 0 Å². The highest BCUT2D eigenvalue weighted by Crippen LogP contribution is 2.40. The standard InChI is InChI=1S/C20H17ClO/c1-13-8-9-14(2)17(10-13)16-11-18(20(22)19(21)12-16)15-6-4-3-5-7-15/h3-12,22H,1-2H3. The van der Waals surface area contributed by atoms with Gasteiger partial charge in [-0.05, 0) is 48.2 Å². The molecule has 1 nitrogen and oxygen atoms in total. The zero-order chi connectivity index (χ0) is 15.7. The molecule has 2 heteroatoms. The molecule has 0 aliphatic carbocycles. The summed E-state index contributed by atoms with van der Waals surface area (Å²) in [6, 6.07) is 20.0. The Balaban J connectivity index is 2.23. The molecule has 0 aliphatic rings. The van der Waals surface area contributed by atoms with Crippen LogP contribution < -0.4 is 0 Å². The predicted molar refractivity (Wildman–Crippen MR) is 93.5 cm³/mol. The van der Waals surface area contributed by atoms with Crippen molar-refractivity contribution in [3.8, 4) is 28.0 Å². The second-order valence-corrected chi connectivity index (χ2v) is 5.95. The van der Waals surface area contributed by atoms with Crippen LogP contribution >= 0.6 is 11.6 Å². The maximum atomic E-state index is 10.3. The number of halogens is 1. The maximum absolute atomic E-state index is 10.3. The summed E-state index contributed by atoms with van der Waals surface area (Å²) in [6.45, 7) is 4.15. The van der Waals surface area contributed by atoms with Gasteiger partial charge in [-0.2, -0.15) is 0 Å². The fraction of sp³-hybridized carbons (Fsp3) is 0.100. The molecule has 1 N–H and O–H groups in total. The van der Waals surface area contributed by atoms with Gasteiger partial charge in [-0.1, -0.05) is 65.7 Å². The summed E-state index contributed by atoms with van der Waals surface area (Å²) in [5.41, 5.74) is 6.25. The van der Waals surface area contributed by atoms with Crippen LogP contribution in [0.1, 0.15) is 11.1 Å². The van der Waals surface area contributed by atoms with Crippen molar-refractivity contribution in [2.45, 2.75) is 13.8 Å². The first-order chi connectivity index (χ1) is 10.6. The number of phenolic OH excluding ortho intramolecular Hbond substituents is 1. The molecule has 3 rings (SSSR count). The molecule has 0 heterocycles. The quantitative estimate of drug-likeness (QED) is 0.616. The molecule has 0 bridgehead atoms. The Labute approximate surface area is 135 Å². The minimum Gasteiger partial charge on any atom is -0.506 e. The van der Waals surface area contributed by atoms with Crippen LogP contribution in [0.4, 0.5) is 0 Å². The van der Waals surface area contributed by atoms with E-state index in [0.29, 0.717) is 5.02 Å². The monoisotopic (exact) mass is 308 g/mol. The first kappa shape index (κ1) is 14.7. The molecule has 0 fully saturated rings. The lowest BCUT2D eigenvalue weighted by molar-refractivity contribution is 0.477. The molecule has 0 unspecified atom stereocenters. The van der Waals surface area contributed by atoms with Gasteiger partial charge in [-0.3, -0.25) is 0 Å². The van der Waals surface area contributed by atoms with Crippen molar-refractivity contribution in [2.24, 2.45) is 0 Å². The number of benzene rings is 3. The average molecular weight is 309 g/mol. The summed E-state index contributed by atoms with van der Waals surface area (Å²) >= 11 is 6.26. The Bertz CT molecular complexity index is 823. The maximum Gasteiger partial charge on any atom is 0.142 e. The molecule has 110 valence electrons. The Morgan fingerprint density at radius 3 is 2.23 bits per heavy atom. The van der Waals surface area contributed by atoms with Gasteiger partial charge in [-0.25, -0.2) is 0 Å². The molecular formula is C20H17ClO. The van der Waals surface area contributed by atoms with Crippen molar-refractivity contribution in [3.63, 3.8) is 0 Å². The largest absolute Gasteiger partial charge is 0.506 e. The molecule has 0 spiro atoms. The zero-order valence-electron chi connectivity index (χ0n) is 12.6. The van der Waals surface area contributed by atoms with Gasteiger partial charge in [0.05, 0.1) is 5.02 Å². The van der Waals surface area contributed by atoms with Gasteiger partial charge in [0.2, 0.25) is 0 Å². The Morgan fingerprint density at radius 2 is 1.50 bits per heavy atom. The summed E-state index contributed by atoms with van der Waals surface area (Å²) in [7, 11) is 0. The van der Waals surface area contributed by atoms with E-state index in [4.69, 9.17) is 11.6 Å². The number of phenols is 1. The molecule has 22 heavy (non-hydrogen) atoms. The minimum atomic E-state index is 0.127. The van der Waals surface area contributed by atoms with Crippen molar-refractivity contribution in [1.82, 2.24) is 0 Å². The molecule has 0 saturated heterocycles. The second kappa shape index (κ2) is 5.86. The smallest absolute Gasteiger partial charge is 0.142 e. The Hall–Kier alpha value is -2.25. The van der Waals surface area contributed by atoms with Gasteiger partial charge >= 0.3 is 0 Å². The van der Waals surface area contributed by atoms with E-state index in [-0.39, 0.29) is 5.75 Å². The van der Waals surface area contributed by atoms with Crippen molar-refractivity contribution in [1.29, 1.82) is 0 Å². The van der Waals surface area contributed by atoms with Gasteiger partial charge in [0.1, 0.15) is 5.75 Å². The second-order valence-electron chi connectivity index (χ2n) is 5.54. The molecule has 0 amide bonds. The van der Waals surface area contributed by atoms with Crippen LogP contribution in [-0.2, 0) is 0 Å². The van der Waals surface area contributed by atoms with Crippen LogP contribution in [0.3, 0.4) is 0 Å². The van der Waals surface area contributed by atoms with E-state index < -0.39 is 0 Å².